The van der Waals surface area contributed by atoms with Gasteiger partial charge in [-0.25, -0.2) is 0 Å². The average Bonchev–Trinajstić information content (AvgIpc) is 2.94. The number of hydrogen-bond acceptors (Lipinski definition) is 2. The topological polar surface area (TPSA) is 74.6 Å². The molecule has 0 bridgehead atoms. The lowest BCUT2D eigenvalue weighted by Gasteiger charge is -2.25. The molecule has 0 amide bonds. The third kappa shape index (κ3) is 14.9. The summed E-state index contributed by atoms with van der Waals surface area (Å²) in [6.07, 6.45) is 21.8. The number of carboxylic acids is 2. The van der Waals surface area contributed by atoms with Gasteiger partial charge >= 0.3 is 11.9 Å². The lowest BCUT2D eigenvalue weighted by Crippen LogP contribution is -2.23. The Balaban J connectivity index is 1.50. The van der Waals surface area contributed by atoms with Crippen LogP contribution in [0.4, 0.5) is 0 Å². The second kappa shape index (κ2) is 21.2. The molecule has 2 rings (SSSR count). The van der Waals surface area contributed by atoms with E-state index < -0.39 is 17.9 Å². The van der Waals surface area contributed by atoms with Crippen LogP contribution < -0.4 is 0 Å². The van der Waals surface area contributed by atoms with Crippen LogP contribution in [0.25, 0.3) is 0 Å². The van der Waals surface area contributed by atoms with Crippen LogP contribution >= 0.6 is 0 Å². The highest BCUT2D eigenvalue weighted by molar-refractivity contribution is 5.72. The molecule has 0 fully saturated rings. The van der Waals surface area contributed by atoms with Crippen molar-refractivity contribution in [3.05, 3.63) is 71.8 Å². The zero-order valence-corrected chi connectivity index (χ0v) is 24.1. The van der Waals surface area contributed by atoms with Crippen molar-refractivity contribution in [3.8, 4) is 0 Å². The van der Waals surface area contributed by atoms with Crippen molar-refractivity contribution in [3.63, 3.8) is 0 Å². The summed E-state index contributed by atoms with van der Waals surface area (Å²) in [6.45, 7) is 0. The normalized spacial score (nSPS) is 12.0. The van der Waals surface area contributed by atoms with E-state index in [0.717, 1.165) is 36.8 Å². The average molecular weight is 537 g/mol. The van der Waals surface area contributed by atoms with Crippen LogP contribution in [-0.4, -0.2) is 22.2 Å². The Bertz CT molecular complexity index is 841. The summed E-state index contributed by atoms with van der Waals surface area (Å²) in [5.41, 5.74) is 2.17. The molecule has 0 aliphatic heterocycles. The molecular formula is C35H52O4. The third-order valence-electron chi connectivity index (χ3n) is 7.94. The van der Waals surface area contributed by atoms with Crippen molar-refractivity contribution >= 4 is 11.9 Å². The van der Waals surface area contributed by atoms with Crippen LogP contribution in [0, 0.1) is 5.92 Å². The Morgan fingerprint density at radius 1 is 0.487 bits per heavy atom. The van der Waals surface area contributed by atoms with Crippen molar-refractivity contribution in [1.82, 2.24) is 0 Å². The summed E-state index contributed by atoms with van der Waals surface area (Å²) in [7, 11) is 0. The molecule has 2 N–H and O–H groups in total. The Labute approximate surface area is 237 Å². The SMILES string of the molecule is O=C(O)CCCCCCCCCCCCCCCCCCCC(C(=O)O)C(c1ccccc1)c1ccccc1. The molecule has 0 aliphatic carbocycles. The quantitative estimate of drug-likeness (QED) is 0.131. The summed E-state index contributed by atoms with van der Waals surface area (Å²) in [6, 6.07) is 20.2. The molecule has 1 atom stereocenters. The summed E-state index contributed by atoms with van der Waals surface area (Å²) in [5.74, 6) is -1.88. The minimum atomic E-state index is -0.694. The minimum absolute atomic E-state index is 0.111. The number of unbranched alkanes of at least 4 members (excludes halogenated alkanes) is 16. The maximum atomic E-state index is 12.3. The maximum absolute atomic E-state index is 12.3. The van der Waals surface area contributed by atoms with E-state index in [1.807, 2.05) is 36.4 Å². The molecule has 39 heavy (non-hydrogen) atoms. The summed E-state index contributed by atoms with van der Waals surface area (Å²) < 4.78 is 0. The van der Waals surface area contributed by atoms with Gasteiger partial charge in [-0.1, -0.05) is 163 Å². The van der Waals surface area contributed by atoms with Gasteiger partial charge in [-0.2, -0.15) is 0 Å². The van der Waals surface area contributed by atoms with Crippen molar-refractivity contribution in [2.24, 2.45) is 5.92 Å². The first kappa shape index (κ1) is 32.6. The van der Waals surface area contributed by atoms with Crippen molar-refractivity contribution in [1.29, 1.82) is 0 Å². The fourth-order valence-corrected chi connectivity index (χ4v) is 5.70. The van der Waals surface area contributed by atoms with Gasteiger partial charge in [0.05, 0.1) is 5.92 Å². The fourth-order valence-electron chi connectivity index (χ4n) is 5.70. The maximum Gasteiger partial charge on any atom is 0.307 e. The molecule has 0 saturated heterocycles. The molecule has 2 aromatic carbocycles. The van der Waals surface area contributed by atoms with Crippen LogP contribution in [0.1, 0.15) is 139 Å². The van der Waals surface area contributed by atoms with E-state index in [1.54, 1.807) is 0 Å². The first-order valence-corrected chi connectivity index (χ1v) is 15.6. The molecule has 4 heteroatoms. The van der Waals surface area contributed by atoms with Gasteiger partial charge in [-0.3, -0.25) is 9.59 Å². The Hall–Kier alpha value is -2.62. The van der Waals surface area contributed by atoms with Gasteiger partial charge in [0, 0.05) is 12.3 Å². The molecule has 0 saturated carbocycles. The largest absolute Gasteiger partial charge is 0.481 e. The highest BCUT2D eigenvalue weighted by atomic mass is 16.4. The smallest absolute Gasteiger partial charge is 0.307 e. The van der Waals surface area contributed by atoms with Crippen molar-refractivity contribution in [2.45, 2.75) is 128 Å². The van der Waals surface area contributed by atoms with Gasteiger partial charge in [-0.15, -0.1) is 0 Å². The summed E-state index contributed by atoms with van der Waals surface area (Å²) in [5, 5.41) is 18.7. The molecule has 2 aromatic rings. The van der Waals surface area contributed by atoms with Gasteiger partial charge in [-0.05, 0) is 24.0 Å². The van der Waals surface area contributed by atoms with Crippen LogP contribution in [0.5, 0.6) is 0 Å². The molecule has 0 radical (unpaired) electrons. The molecular weight excluding hydrogens is 484 g/mol. The third-order valence-corrected chi connectivity index (χ3v) is 7.94. The number of carboxylic acid groups (broad SMARTS) is 2. The highest BCUT2D eigenvalue weighted by Crippen LogP contribution is 2.35. The van der Waals surface area contributed by atoms with Gasteiger partial charge in [0.2, 0.25) is 0 Å². The van der Waals surface area contributed by atoms with Crippen LogP contribution in [0.15, 0.2) is 60.7 Å². The van der Waals surface area contributed by atoms with Crippen LogP contribution in [-0.2, 0) is 9.59 Å². The molecule has 0 aromatic heterocycles. The van der Waals surface area contributed by atoms with E-state index in [9.17, 15) is 14.7 Å². The second-order valence-electron chi connectivity index (χ2n) is 11.2. The zero-order chi connectivity index (χ0) is 28.0. The molecule has 0 heterocycles. The Kier molecular flexibility index (Phi) is 17.7. The standard InChI is InChI=1S/C35H52O4/c36-33(37)29-23-15-13-11-9-7-5-3-1-2-4-6-8-10-12-14-22-28-32(35(38)39)34(30-24-18-16-19-25-30)31-26-20-17-21-27-31/h16-21,24-27,32,34H,1-15,22-23,28-29H2,(H,36,37)(H,38,39). The van der Waals surface area contributed by atoms with Gasteiger partial charge < -0.3 is 10.2 Å². The number of rotatable bonds is 24. The van der Waals surface area contributed by atoms with E-state index in [0.29, 0.717) is 12.8 Å². The van der Waals surface area contributed by atoms with E-state index in [2.05, 4.69) is 24.3 Å². The lowest BCUT2D eigenvalue weighted by atomic mass is 9.78. The number of benzene rings is 2. The highest BCUT2D eigenvalue weighted by Gasteiger charge is 2.30. The molecule has 4 nitrogen and oxygen atoms in total. The van der Waals surface area contributed by atoms with Gasteiger partial charge in [0.1, 0.15) is 0 Å². The Morgan fingerprint density at radius 3 is 1.15 bits per heavy atom. The number of hydrogen-bond donors (Lipinski definition) is 2. The lowest BCUT2D eigenvalue weighted by molar-refractivity contribution is -0.142. The fraction of sp³-hybridized carbons (Fsp3) is 0.600. The van der Waals surface area contributed by atoms with Crippen molar-refractivity contribution < 1.29 is 19.8 Å². The van der Waals surface area contributed by atoms with E-state index >= 15 is 0 Å². The second-order valence-corrected chi connectivity index (χ2v) is 11.2. The first-order chi connectivity index (χ1) is 19.1. The van der Waals surface area contributed by atoms with E-state index in [4.69, 9.17) is 5.11 Å². The minimum Gasteiger partial charge on any atom is -0.481 e. The predicted octanol–water partition coefficient (Wildman–Crippen LogP) is 10.0. The molecule has 0 spiro atoms. The van der Waals surface area contributed by atoms with E-state index in [1.165, 1.54) is 83.5 Å². The molecule has 216 valence electrons. The number of carbonyl (C=O) groups is 2. The Morgan fingerprint density at radius 2 is 0.821 bits per heavy atom. The molecule has 0 aliphatic rings. The van der Waals surface area contributed by atoms with Crippen LogP contribution in [0.2, 0.25) is 0 Å². The zero-order valence-electron chi connectivity index (χ0n) is 24.1. The summed E-state index contributed by atoms with van der Waals surface area (Å²) >= 11 is 0. The van der Waals surface area contributed by atoms with E-state index in [-0.39, 0.29) is 5.92 Å². The number of aliphatic carboxylic acids is 2. The van der Waals surface area contributed by atoms with Gasteiger partial charge in [0.25, 0.3) is 0 Å². The van der Waals surface area contributed by atoms with Crippen LogP contribution in [0.3, 0.4) is 0 Å². The summed E-state index contributed by atoms with van der Waals surface area (Å²) in [4.78, 5) is 22.8. The predicted molar refractivity (Wildman–Crippen MR) is 161 cm³/mol. The van der Waals surface area contributed by atoms with Gasteiger partial charge in [0.15, 0.2) is 0 Å². The molecule has 1 unspecified atom stereocenters. The monoisotopic (exact) mass is 536 g/mol. The first-order valence-electron chi connectivity index (χ1n) is 15.6. The van der Waals surface area contributed by atoms with Crippen molar-refractivity contribution in [2.75, 3.05) is 0 Å².